The van der Waals surface area contributed by atoms with Crippen LogP contribution in [-0.2, 0) is 14.3 Å². The first kappa shape index (κ1) is 21.1. The van der Waals surface area contributed by atoms with Gasteiger partial charge in [0.1, 0.15) is 5.82 Å². The van der Waals surface area contributed by atoms with Gasteiger partial charge in [0.2, 0.25) is 29.0 Å². The van der Waals surface area contributed by atoms with Crippen LogP contribution in [0.2, 0.25) is 0 Å². The fraction of sp³-hybridized carbons (Fsp3) is 0.154. The molecular formula is C26H15BrFNO5. The molecule has 6 nitrogen and oxygen atoms in total. The Hall–Kier alpha value is -3.49. The number of fused-ring (bicyclic) bond motifs is 3. The maximum absolute atomic E-state index is 13.7. The second kappa shape index (κ2) is 7.25. The molecule has 2 amide bonds. The van der Waals surface area contributed by atoms with E-state index in [-0.39, 0.29) is 16.8 Å². The zero-order valence-corrected chi connectivity index (χ0v) is 19.0. The van der Waals surface area contributed by atoms with Crippen molar-refractivity contribution in [3.63, 3.8) is 0 Å². The second-order valence-electron chi connectivity index (χ2n) is 8.52. The SMILES string of the molecule is O=C1[C@H]2[C@@H](c3ccc(Br)cc3)OC3(C(=O)c4ccccc4C3=O)[C@@H]2C(=O)N1c1ccc(F)cc1. The summed E-state index contributed by atoms with van der Waals surface area (Å²) in [4.78, 5) is 55.7. The normalized spacial score (nSPS) is 24.8. The number of Topliss-reactive ketones (excluding diaryl/α,β-unsaturated/α-hetero) is 2. The highest BCUT2D eigenvalue weighted by Crippen LogP contribution is 2.57. The number of carbonyl (C=O) groups excluding carboxylic acids is 4. The molecule has 2 saturated heterocycles. The summed E-state index contributed by atoms with van der Waals surface area (Å²) < 4.78 is 20.5. The van der Waals surface area contributed by atoms with Gasteiger partial charge in [-0.25, -0.2) is 9.29 Å². The topological polar surface area (TPSA) is 80.8 Å². The van der Waals surface area contributed by atoms with Crippen molar-refractivity contribution in [2.45, 2.75) is 11.7 Å². The number of hydrogen-bond donors (Lipinski definition) is 0. The Bertz CT molecular complexity index is 1370. The number of benzene rings is 3. The number of carbonyl (C=O) groups is 4. The number of nitrogens with zero attached hydrogens (tertiary/aromatic N) is 1. The minimum atomic E-state index is -2.13. The first-order valence-corrected chi connectivity index (χ1v) is 11.4. The van der Waals surface area contributed by atoms with E-state index in [2.05, 4.69) is 15.9 Å². The zero-order valence-electron chi connectivity index (χ0n) is 17.4. The van der Waals surface area contributed by atoms with Gasteiger partial charge in [0.25, 0.3) is 0 Å². The molecule has 2 heterocycles. The molecule has 3 atom stereocenters. The Balaban J connectivity index is 1.54. The van der Waals surface area contributed by atoms with Gasteiger partial charge >= 0.3 is 0 Å². The summed E-state index contributed by atoms with van der Waals surface area (Å²) in [5.74, 6) is -5.51. The van der Waals surface area contributed by atoms with Crippen LogP contribution in [0.3, 0.4) is 0 Å². The molecule has 6 rings (SSSR count). The number of rotatable bonds is 2. The van der Waals surface area contributed by atoms with Crippen molar-refractivity contribution in [3.8, 4) is 0 Å². The van der Waals surface area contributed by atoms with Gasteiger partial charge in [-0.1, -0.05) is 52.3 Å². The van der Waals surface area contributed by atoms with Crippen molar-refractivity contribution in [1.82, 2.24) is 0 Å². The van der Waals surface area contributed by atoms with Crippen molar-refractivity contribution in [1.29, 1.82) is 0 Å². The quantitative estimate of drug-likeness (QED) is 0.372. The van der Waals surface area contributed by atoms with E-state index in [1.54, 1.807) is 36.4 Å². The summed E-state index contributed by atoms with van der Waals surface area (Å²) >= 11 is 3.37. The van der Waals surface area contributed by atoms with Gasteiger partial charge in [-0.15, -0.1) is 0 Å². The lowest BCUT2D eigenvalue weighted by Gasteiger charge is -2.27. The molecule has 34 heavy (non-hydrogen) atoms. The number of imide groups is 1. The lowest BCUT2D eigenvalue weighted by atomic mass is 9.77. The summed E-state index contributed by atoms with van der Waals surface area (Å²) in [6, 6.07) is 18.2. The maximum Gasteiger partial charge on any atom is 0.241 e. The van der Waals surface area contributed by atoms with E-state index in [4.69, 9.17) is 4.74 Å². The second-order valence-corrected chi connectivity index (χ2v) is 9.44. The highest BCUT2D eigenvalue weighted by atomic mass is 79.9. The van der Waals surface area contributed by atoms with Crippen LogP contribution in [-0.4, -0.2) is 29.0 Å². The molecule has 0 saturated carbocycles. The summed E-state index contributed by atoms with van der Waals surface area (Å²) in [5, 5.41) is 0. The van der Waals surface area contributed by atoms with E-state index in [1.807, 2.05) is 0 Å². The van der Waals surface area contributed by atoms with Gasteiger partial charge in [0.15, 0.2) is 0 Å². The number of hydrogen-bond acceptors (Lipinski definition) is 5. The molecule has 3 aliphatic rings. The molecule has 8 heteroatoms. The average molecular weight is 520 g/mol. The summed E-state index contributed by atoms with van der Waals surface area (Å²) in [6.07, 6.45) is -0.998. The van der Waals surface area contributed by atoms with Crippen LogP contribution in [0.5, 0.6) is 0 Å². The Morgan fingerprint density at radius 2 is 1.38 bits per heavy atom. The monoisotopic (exact) mass is 519 g/mol. The van der Waals surface area contributed by atoms with Gasteiger partial charge < -0.3 is 4.74 Å². The Kier molecular flexibility index (Phi) is 4.49. The average Bonchev–Trinajstić information content (AvgIpc) is 3.40. The molecule has 0 bridgehead atoms. The number of ketones is 2. The van der Waals surface area contributed by atoms with Crippen LogP contribution >= 0.6 is 15.9 Å². The lowest BCUT2D eigenvalue weighted by Crippen LogP contribution is -2.51. The molecule has 0 aromatic heterocycles. The molecule has 0 N–H and O–H groups in total. The number of anilines is 1. The van der Waals surface area contributed by atoms with Gasteiger partial charge in [0.05, 0.1) is 23.6 Å². The summed E-state index contributed by atoms with van der Waals surface area (Å²) in [6.45, 7) is 0. The Labute approximate surface area is 201 Å². The first-order chi connectivity index (χ1) is 16.3. The van der Waals surface area contributed by atoms with E-state index in [1.165, 1.54) is 24.3 Å². The van der Waals surface area contributed by atoms with Crippen LogP contribution < -0.4 is 4.90 Å². The van der Waals surface area contributed by atoms with Crippen molar-refractivity contribution < 1.29 is 28.3 Å². The van der Waals surface area contributed by atoms with Gasteiger partial charge in [-0.05, 0) is 42.0 Å². The molecule has 1 aliphatic carbocycles. The van der Waals surface area contributed by atoms with Crippen LogP contribution in [0.1, 0.15) is 32.4 Å². The third-order valence-electron chi connectivity index (χ3n) is 6.80. The van der Waals surface area contributed by atoms with E-state index in [0.717, 1.165) is 21.5 Å². The van der Waals surface area contributed by atoms with Crippen molar-refractivity contribution >= 4 is 45.0 Å². The highest BCUT2D eigenvalue weighted by Gasteiger charge is 2.74. The highest BCUT2D eigenvalue weighted by molar-refractivity contribution is 9.10. The molecule has 168 valence electrons. The van der Waals surface area contributed by atoms with Crippen molar-refractivity contribution in [3.05, 3.63) is 99.8 Å². The number of amides is 2. The Morgan fingerprint density at radius 1 is 0.794 bits per heavy atom. The molecule has 2 aliphatic heterocycles. The fourth-order valence-corrected chi connectivity index (χ4v) is 5.58. The van der Waals surface area contributed by atoms with Gasteiger partial charge in [0, 0.05) is 15.6 Å². The van der Waals surface area contributed by atoms with E-state index in [0.29, 0.717) is 5.56 Å². The third kappa shape index (κ3) is 2.63. The predicted octanol–water partition coefficient (Wildman–Crippen LogP) is 4.28. The minimum Gasteiger partial charge on any atom is -0.349 e. The molecule has 0 unspecified atom stereocenters. The summed E-state index contributed by atoms with van der Waals surface area (Å²) in [7, 11) is 0. The van der Waals surface area contributed by atoms with Gasteiger partial charge in [-0.2, -0.15) is 0 Å². The fourth-order valence-electron chi connectivity index (χ4n) is 5.32. The number of halogens is 2. The molecule has 3 aromatic carbocycles. The predicted molar refractivity (Wildman–Crippen MR) is 122 cm³/mol. The van der Waals surface area contributed by atoms with E-state index in [9.17, 15) is 23.6 Å². The van der Waals surface area contributed by atoms with Crippen LogP contribution in [0.4, 0.5) is 10.1 Å². The third-order valence-corrected chi connectivity index (χ3v) is 7.33. The number of ether oxygens (including phenoxy) is 1. The Morgan fingerprint density at radius 3 is 1.97 bits per heavy atom. The maximum atomic E-state index is 13.7. The standard InChI is InChI=1S/C26H15BrFNO5/c27-14-7-5-13(6-8-14)21-19-20(25(33)29(24(19)32)16-11-9-15(28)10-12-16)26(34-21)22(30)17-3-1-2-4-18(17)23(26)31/h1-12,19-21H/t19-,20+,21-/m1/s1. The lowest BCUT2D eigenvalue weighted by molar-refractivity contribution is -0.127. The zero-order chi connectivity index (χ0) is 23.8. The van der Waals surface area contributed by atoms with Crippen molar-refractivity contribution in [2.75, 3.05) is 4.90 Å². The first-order valence-electron chi connectivity index (χ1n) is 10.6. The minimum absolute atomic E-state index is 0.170. The molecule has 1 spiro atoms. The van der Waals surface area contributed by atoms with E-state index < -0.39 is 52.7 Å². The van der Waals surface area contributed by atoms with Gasteiger partial charge in [-0.3, -0.25) is 19.2 Å². The molecular weight excluding hydrogens is 505 g/mol. The smallest absolute Gasteiger partial charge is 0.241 e. The van der Waals surface area contributed by atoms with E-state index >= 15 is 0 Å². The molecule has 0 radical (unpaired) electrons. The largest absolute Gasteiger partial charge is 0.349 e. The van der Waals surface area contributed by atoms with Crippen LogP contribution in [0.15, 0.2) is 77.3 Å². The van der Waals surface area contributed by atoms with Crippen LogP contribution in [0.25, 0.3) is 0 Å². The van der Waals surface area contributed by atoms with Crippen LogP contribution in [0, 0.1) is 17.7 Å². The molecule has 3 aromatic rings. The van der Waals surface area contributed by atoms with Crippen molar-refractivity contribution in [2.24, 2.45) is 11.8 Å². The molecule has 2 fully saturated rings. The summed E-state index contributed by atoms with van der Waals surface area (Å²) in [5.41, 5.74) is -1.06.